The van der Waals surface area contributed by atoms with E-state index in [0.29, 0.717) is 18.1 Å². The van der Waals surface area contributed by atoms with E-state index < -0.39 is 0 Å². The van der Waals surface area contributed by atoms with E-state index in [4.69, 9.17) is 4.74 Å². The first kappa shape index (κ1) is 15.8. The number of hydrogen-bond acceptors (Lipinski definition) is 2. The van der Waals surface area contributed by atoms with Gasteiger partial charge in [0.25, 0.3) is 0 Å². The van der Waals surface area contributed by atoms with Crippen molar-refractivity contribution in [2.75, 3.05) is 19.8 Å². The molecule has 4 rings (SSSR count). The van der Waals surface area contributed by atoms with Crippen LogP contribution in [0.2, 0.25) is 0 Å². The molecule has 122 valence electrons. The summed E-state index contributed by atoms with van der Waals surface area (Å²) in [6.45, 7) is 6.43. The van der Waals surface area contributed by atoms with Crippen LogP contribution in [0.4, 0.5) is 0 Å². The van der Waals surface area contributed by atoms with Crippen molar-refractivity contribution in [3.05, 3.63) is 0 Å². The van der Waals surface area contributed by atoms with Crippen molar-refractivity contribution in [1.29, 1.82) is 0 Å². The largest absolute Gasteiger partial charge is 0.385 e. The summed E-state index contributed by atoms with van der Waals surface area (Å²) < 4.78 is 5.80. The number of aliphatic hydroxyl groups excluding tert-OH is 1. The molecular formula is C18H34NO2+. The fourth-order valence-electron chi connectivity index (χ4n) is 5.60. The molecule has 0 spiro atoms. The maximum Gasteiger partial charge on any atom is 0.126 e. The highest BCUT2D eigenvalue weighted by Gasteiger charge is 2.50. The van der Waals surface area contributed by atoms with Gasteiger partial charge < -0.3 is 15.2 Å². The summed E-state index contributed by atoms with van der Waals surface area (Å²) in [6, 6.07) is 0.548. The number of hydrogen-bond donors (Lipinski definition) is 2. The molecule has 4 aliphatic rings. The number of nitrogens with two attached hydrogens (primary N) is 1. The SMILES string of the molecule is CC(C)[NH2+]C[C@@H](O)COCCC12CC3CC(CC(C3)C1)C2. The summed E-state index contributed by atoms with van der Waals surface area (Å²) in [5, 5.41) is 12.1. The number of ether oxygens (including phenoxy) is 1. The Balaban J connectivity index is 1.36. The summed E-state index contributed by atoms with van der Waals surface area (Å²) in [6.07, 6.45) is 9.86. The lowest BCUT2D eigenvalue weighted by Gasteiger charge is -2.57. The average molecular weight is 296 g/mol. The molecule has 0 heterocycles. The Morgan fingerprint density at radius 1 is 1.10 bits per heavy atom. The zero-order chi connectivity index (χ0) is 14.9. The summed E-state index contributed by atoms with van der Waals surface area (Å²) in [4.78, 5) is 0. The van der Waals surface area contributed by atoms with E-state index in [1.165, 1.54) is 44.9 Å². The van der Waals surface area contributed by atoms with Crippen LogP contribution in [0.3, 0.4) is 0 Å². The van der Waals surface area contributed by atoms with Gasteiger partial charge >= 0.3 is 0 Å². The van der Waals surface area contributed by atoms with Crippen LogP contribution < -0.4 is 5.32 Å². The summed E-state index contributed by atoms with van der Waals surface area (Å²) >= 11 is 0. The van der Waals surface area contributed by atoms with Gasteiger partial charge in [0.15, 0.2) is 0 Å². The topological polar surface area (TPSA) is 46.1 Å². The normalized spacial score (nSPS) is 39.1. The van der Waals surface area contributed by atoms with Gasteiger partial charge in [0.1, 0.15) is 12.6 Å². The second-order valence-electron chi connectivity index (χ2n) is 8.61. The van der Waals surface area contributed by atoms with Gasteiger partial charge in [-0.2, -0.15) is 0 Å². The maximum atomic E-state index is 9.90. The minimum absolute atomic E-state index is 0.316. The first-order valence-electron chi connectivity index (χ1n) is 9.14. The van der Waals surface area contributed by atoms with Crippen LogP contribution in [0.25, 0.3) is 0 Å². The maximum absolute atomic E-state index is 9.90. The van der Waals surface area contributed by atoms with Gasteiger partial charge in [-0.3, -0.25) is 0 Å². The average Bonchev–Trinajstić information content (AvgIpc) is 2.40. The molecule has 4 fully saturated rings. The van der Waals surface area contributed by atoms with Gasteiger partial charge in [0.2, 0.25) is 0 Å². The van der Waals surface area contributed by atoms with Crippen molar-refractivity contribution in [3.8, 4) is 0 Å². The molecule has 3 heteroatoms. The molecule has 1 atom stereocenters. The molecule has 0 aliphatic heterocycles. The van der Waals surface area contributed by atoms with Gasteiger partial charge in [-0.25, -0.2) is 0 Å². The van der Waals surface area contributed by atoms with Crippen molar-refractivity contribution < 1.29 is 15.2 Å². The summed E-state index contributed by atoms with van der Waals surface area (Å²) in [5.41, 5.74) is 0.615. The minimum Gasteiger partial charge on any atom is -0.385 e. The fourth-order valence-corrected chi connectivity index (χ4v) is 5.60. The second kappa shape index (κ2) is 6.55. The predicted octanol–water partition coefficient (Wildman–Crippen LogP) is 1.94. The van der Waals surface area contributed by atoms with E-state index in [1.807, 2.05) is 0 Å². The predicted molar refractivity (Wildman–Crippen MR) is 84.0 cm³/mol. The van der Waals surface area contributed by atoms with E-state index in [2.05, 4.69) is 19.2 Å². The highest BCUT2D eigenvalue weighted by Crippen LogP contribution is 2.61. The Labute approximate surface area is 129 Å². The minimum atomic E-state index is -0.316. The van der Waals surface area contributed by atoms with E-state index in [0.717, 1.165) is 30.9 Å². The van der Waals surface area contributed by atoms with Crippen LogP contribution in [-0.2, 0) is 4.74 Å². The Morgan fingerprint density at radius 2 is 1.67 bits per heavy atom. The zero-order valence-electron chi connectivity index (χ0n) is 13.9. The van der Waals surface area contributed by atoms with Gasteiger partial charge in [-0.1, -0.05) is 0 Å². The lowest BCUT2D eigenvalue weighted by atomic mass is 9.49. The molecule has 0 radical (unpaired) electrons. The van der Waals surface area contributed by atoms with Gasteiger partial charge in [0, 0.05) is 6.61 Å². The van der Waals surface area contributed by atoms with Gasteiger partial charge in [-0.15, -0.1) is 0 Å². The van der Waals surface area contributed by atoms with Gasteiger partial charge in [-0.05, 0) is 82.0 Å². The summed E-state index contributed by atoms with van der Waals surface area (Å²) in [5.74, 6) is 3.09. The number of aliphatic hydroxyl groups is 1. The highest BCUT2D eigenvalue weighted by atomic mass is 16.5. The third kappa shape index (κ3) is 4.00. The standard InChI is InChI=1S/C18H33NO2/c1-13(2)19-11-17(20)12-21-4-3-18-8-14-5-15(9-18)7-16(6-14)10-18/h13-17,19-20H,3-12H2,1-2H3/p+1/t14?,15?,16?,17-,18?/m1/s1. The van der Waals surface area contributed by atoms with Crippen molar-refractivity contribution >= 4 is 0 Å². The molecule has 0 unspecified atom stereocenters. The van der Waals surface area contributed by atoms with Crippen LogP contribution in [-0.4, -0.2) is 37.0 Å². The quantitative estimate of drug-likeness (QED) is 0.673. The molecule has 0 aromatic rings. The smallest absolute Gasteiger partial charge is 0.126 e. The van der Waals surface area contributed by atoms with Crippen molar-refractivity contribution in [2.45, 2.75) is 70.9 Å². The number of rotatable bonds is 8. The van der Waals surface area contributed by atoms with E-state index in [1.54, 1.807) is 0 Å². The van der Waals surface area contributed by atoms with Crippen LogP contribution in [0, 0.1) is 23.2 Å². The third-order valence-electron chi connectivity index (χ3n) is 6.13. The Bertz CT molecular complexity index is 307. The van der Waals surface area contributed by atoms with Crippen LogP contribution >= 0.6 is 0 Å². The van der Waals surface area contributed by atoms with Gasteiger partial charge in [0.05, 0.1) is 12.6 Å². The Hall–Kier alpha value is -0.120. The highest BCUT2D eigenvalue weighted by molar-refractivity contribution is 5.01. The molecule has 21 heavy (non-hydrogen) atoms. The molecule has 4 aliphatic carbocycles. The first-order valence-corrected chi connectivity index (χ1v) is 9.14. The van der Waals surface area contributed by atoms with E-state index in [-0.39, 0.29) is 6.10 Å². The molecule has 0 aromatic heterocycles. The fraction of sp³-hybridized carbons (Fsp3) is 1.00. The van der Waals surface area contributed by atoms with Crippen molar-refractivity contribution in [3.63, 3.8) is 0 Å². The monoisotopic (exact) mass is 296 g/mol. The molecule has 4 bridgehead atoms. The van der Waals surface area contributed by atoms with E-state index in [9.17, 15) is 5.11 Å². The second-order valence-corrected chi connectivity index (χ2v) is 8.61. The number of quaternary nitrogens is 1. The van der Waals surface area contributed by atoms with Crippen LogP contribution in [0.1, 0.15) is 58.8 Å². The summed E-state index contributed by atoms with van der Waals surface area (Å²) in [7, 11) is 0. The first-order chi connectivity index (χ1) is 10.0. The van der Waals surface area contributed by atoms with Crippen LogP contribution in [0.5, 0.6) is 0 Å². The lowest BCUT2D eigenvalue weighted by molar-refractivity contribution is -0.688. The molecule has 3 nitrogen and oxygen atoms in total. The van der Waals surface area contributed by atoms with E-state index >= 15 is 0 Å². The molecular weight excluding hydrogens is 262 g/mol. The molecule has 0 aromatic carbocycles. The lowest BCUT2D eigenvalue weighted by Crippen LogP contribution is -2.90. The molecule has 4 saturated carbocycles. The van der Waals surface area contributed by atoms with Crippen LogP contribution in [0.15, 0.2) is 0 Å². The van der Waals surface area contributed by atoms with Crippen molar-refractivity contribution in [1.82, 2.24) is 0 Å². The third-order valence-corrected chi connectivity index (χ3v) is 6.13. The molecule has 0 saturated heterocycles. The Kier molecular flexibility index (Phi) is 4.92. The van der Waals surface area contributed by atoms with Crippen molar-refractivity contribution in [2.24, 2.45) is 23.2 Å². The molecule has 0 amide bonds. The molecule has 3 N–H and O–H groups in total. The zero-order valence-corrected chi connectivity index (χ0v) is 13.9. The Morgan fingerprint density at radius 3 is 2.19 bits per heavy atom.